The van der Waals surface area contributed by atoms with Crippen LogP contribution in [0.2, 0.25) is 0 Å². The number of hydrogen-bond donors (Lipinski definition) is 2. The molecule has 182 valence electrons. The summed E-state index contributed by atoms with van der Waals surface area (Å²) in [5.41, 5.74) is 4.82. The number of nitrogens with one attached hydrogen (secondary N) is 2. The van der Waals surface area contributed by atoms with Gasteiger partial charge in [-0.1, -0.05) is 12.1 Å². The van der Waals surface area contributed by atoms with Crippen LogP contribution in [0.25, 0.3) is 32.7 Å². The number of likely N-dealkylation sites (tertiary alicyclic amines) is 1. The predicted molar refractivity (Wildman–Crippen MR) is 145 cm³/mol. The van der Waals surface area contributed by atoms with Gasteiger partial charge < -0.3 is 14.9 Å². The van der Waals surface area contributed by atoms with Crippen molar-refractivity contribution in [2.75, 3.05) is 11.9 Å². The van der Waals surface area contributed by atoms with Gasteiger partial charge in [0.2, 0.25) is 0 Å². The molecule has 0 spiro atoms. The minimum Gasteiger partial charge on any atom is -0.341 e. The minimum absolute atomic E-state index is 0.0372. The molecular formula is C29H29N5O2. The molecule has 0 saturated carbocycles. The number of aromatic nitrogens is 3. The number of amides is 1. The van der Waals surface area contributed by atoms with Crippen molar-refractivity contribution >= 4 is 44.3 Å². The molecule has 2 aromatic heterocycles. The number of anilines is 1. The number of imidazole rings is 1. The zero-order valence-corrected chi connectivity index (χ0v) is 20.8. The topological polar surface area (TPSA) is 83.0 Å². The molecule has 1 aliphatic heterocycles. The lowest BCUT2D eigenvalue weighted by Crippen LogP contribution is -2.26. The first-order chi connectivity index (χ1) is 17.4. The van der Waals surface area contributed by atoms with Crippen molar-refractivity contribution in [3.63, 3.8) is 0 Å². The van der Waals surface area contributed by atoms with Gasteiger partial charge in [-0.2, -0.15) is 0 Å². The second kappa shape index (κ2) is 8.60. The predicted octanol–water partition coefficient (Wildman–Crippen LogP) is 5.11. The number of pyridine rings is 1. The van der Waals surface area contributed by atoms with E-state index in [1.54, 1.807) is 17.7 Å². The maximum atomic E-state index is 13.2. The van der Waals surface area contributed by atoms with Gasteiger partial charge in [0.1, 0.15) is 5.82 Å². The molecule has 3 heterocycles. The van der Waals surface area contributed by atoms with E-state index in [0.29, 0.717) is 22.7 Å². The van der Waals surface area contributed by atoms with Crippen LogP contribution in [0.3, 0.4) is 0 Å². The molecular weight excluding hydrogens is 450 g/mol. The Morgan fingerprint density at radius 3 is 2.81 bits per heavy atom. The second-order valence-corrected chi connectivity index (χ2v) is 9.92. The lowest BCUT2D eigenvalue weighted by molar-refractivity contribution is 0.102. The molecule has 1 fully saturated rings. The molecule has 1 atom stereocenters. The van der Waals surface area contributed by atoms with Crippen LogP contribution in [0.5, 0.6) is 0 Å². The Kier molecular flexibility index (Phi) is 5.38. The van der Waals surface area contributed by atoms with E-state index < -0.39 is 0 Å². The van der Waals surface area contributed by atoms with E-state index >= 15 is 0 Å². The van der Waals surface area contributed by atoms with Gasteiger partial charge >= 0.3 is 0 Å². The number of carbonyl (C=O) groups is 1. The summed E-state index contributed by atoms with van der Waals surface area (Å²) >= 11 is 0. The quantitative estimate of drug-likeness (QED) is 0.351. The van der Waals surface area contributed by atoms with E-state index in [-0.39, 0.29) is 11.5 Å². The Hall–Kier alpha value is -3.97. The summed E-state index contributed by atoms with van der Waals surface area (Å²) in [6.45, 7) is 6.17. The Bertz CT molecular complexity index is 1710. The Morgan fingerprint density at radius 1 is 1.14 bits per heavy atom. The van der Waals surface area contributed by atoms with Crippen molar-refractivity contribution in [3.05, 3.63) is 81.9 Å². The standard InChI is InChI=1S/C29H29N5O2/c1-17-6-4-8-21-27(17)22-14-19(9-12-25(22)33(3)29(21)36)28(35)30-20-10-11-23-24(15-20)32-26(31-23)16-34-13-5-7-18(34)2/h4,6,8-12,14-15,18H,5,7,13,16H2,1-3H3,(H,30,35)(H,31,32)/t18-/m0/s1. The lowest BCUT2D eigenvalue weighted by Gasteiger charge is -2.19. The molecule has 2 N–H and O–H groups in total. The number of hydrogen-bond acceptors (Lipinski definition) is 4. The maximum Gasteiger partial charge on any atom is 0.258 e. The van der Waals surface area contributed by atoms with Gasteiger partial charge in [0, 0.05) is 35.1 Å². The number of benzene rings is 3. The summed E-state index contributed by atoms with van der Waals surface area (Å²) in [6, 6.07) is 17.6. The van der Waals surface area contributed by atoms with Gasteiger partial charge in [0.05, 0.1) is 23.1 Å². The molecule has 7 nitrogen and oxygen atoms in total. The van der Waals surface area contributed by atoms with Crippen LogP contribution in [-0.4, -0.2) is 37.9 Å². The molecule has 1 aliphatic rings. The van der Waals surface area contributed by atoms with Crippen LogP contribution in [0.1, 0.15) is 41.5 Å². The fourth-order valence-corrected chi connectivity index (χ4v) is 5.50. The molecule has 36 heavy (non-hydrogen) atoms. The number of aromatic amines is 1. The summed E-state index contributed by atoms with van der Waals surface area (Å²) < 4.78 is 1.64. The number of aryl methyl sites for hydroxylation is 2. The SMILES string of the molecule is Cc1cccc2c(=O)n(C)c3ccc(C(=O)Nc4ccc5nc(CN6CCC[C@@H]6C)[nH]c5c4)cc3c12. The van der Waals surface area contributed by atoms with Gasteiger partial charge in [-0.3, -0.25) is 14.5 Å². The first kappa shape index (κ1) is 22.5. The van der Waals surface area contributed by atoms with Gasteiger partial charge in [-0.05, 0) is 86.6 Å². The number of carbonyl (C=O) groups excluding carboxylic acids is 1. The molecule has 0 bridgehead atoms. The average molecular weight is 480 g/mol. The largest absolute Gasteiger partial charge is 0.341 e. The van der Waals surface area contributed by atoms with Crippen molar-refractivity contribution in [2.45, 2.75) is 39.3 Å². The molecule has 5 aromatic rings. The van der Waals surface area contributed by atoms with Gasteiger partial charge in [-0.15, -0.1) is 0 Å². The van der Waals surface area contributed by atoms with E-state index in [2.05, 4.69) is 22.1 Å². The lowest BCUT2D eigenvalue weighted by atomic mass is 10.00. The summed E-state index contributed by atoms with van der Waals surface area (Å²) in [5, 5.41) is 5.47. The number of nitrogens with zero attached hydrogens (tertiary/aromatic N) is 3. The molecule has 0 aliphatic carbocycles. The molecule has 7 heteroatoms. The number of H-pyrrole nitrogens is 1. The third-order valence-corrected chi connectivity index (χ3v) is 7.53. The Morgan fingerprint density at radius 2 is 2.00 bits per heavy atom. The zero-order chi connectivity index (χ0) is 25.0. The highest BCUT2D eigenvalue weighted by molar-refractivity contribution is 6.12. The van der Waals surface area contributed by atoms with Crippen molar-refractivity contribution in [1.82, 2.24) is 19.4 Å². The van der Waals surface area contributed by atoms with E-state index in [0.717, 1.165) is 51.8 Å². The van der Waals surface area contributed by atoms with Crippen LogP contribution in [0.15, 0.2) is 59.4 Å². The highest BCUT2D eigenvalue weighted by atomic mass is 16.1. The first-order valence-electron chi connectivity index (χ1n) is 12.4. The van der Waals surface area contributed by atoms with Crippen LogP contribution >= 0.6 is 0 Å². The van der Waals surface area contributed by atoms with E-state index in [1.165, 1.54) is 12.8 Å². The van der Waals surface area contributed by atoms with E-state index in [9.17, 15) is 9.59 Å². The smallest absolute Gasteiger partial charge is 0.258 e. The van der Waals surface area contributed by atoms with Crippen molar-refractivity contribution in [3.8, 4) is 0 Å². The third kappa shape index (κ3) is 3.76. The van der Waals surface area contributed by atoms with Gasteiger partial charge in [0.15, 0.2) is 0 Å². The van der Waals surface area contributed by atoms with Crippen molar-refractivity contribution < 1.29 is 4.79 Å². The van der Waals surface area contributed by atoms with Crippen molar-refractivity contribution in [2.24, 2.45) is 7.05 Å². The average Bonchev–Trinajstić information content (AvgIpc) is 3.47. The molecule has 6 rings (SSSR count). The van der Waals surface area contributed by atoms with Crippen molar-refractivity contribution in [1.29, 1.82) is 0 Å². The fourth-order valence-electron chi connectivity index (χ4n) is 5.50. The zero-order valence-electron chi connectivity index (χ0n) is 20.8. The summed E-state index contributed by atoms with van der Waals surface area (Å²) in [5.74, 6) is 0.752. The van der Waals surface area contributed by atoms with Gasteiger partial charge in [0.25, 0.3) is 11.5 Å². The van der Waals surface area contributed by atoms with E-state index in [1.807, 2.05) is 55.5 Å². The summed E-state index contributed by atoms with van der Waals surface area (Å²) in [4.78, 5) is 36.7. The molecule has 3 aromatic carbocycles. The molecule has 1 amide bonds. The van der Waals surface area contributed by atoms with Crippen LogP contribution < -0.4 is 10.9 Å². The monoisotopic (exact) mass is 479 g/mol. The normalized spacial score (nSPS) is 16.4. The summed E-state index contributed by atoms with van der Waals surface area (Å²) in [6.07, 6.45) is 2.47. The fraction of sp³-hybridized carbons (Fsp3) is 0.276. The minimum atomic E-state index is -0.197. The third-order valence-electron chi connectivity index (χ3n) is 7.53. The number of fused-ring (bicyclic) bond motifs is 4. The highest BCUT2D eigenvalue weighted by Gasteiger charge is 2.21. The van der Waals surface area contributed by atoms with Crippen LogP contribution in [-0.2, 0) is 13.6 Å². The van der Waals surface area contributed by atoms with Gasteiger partial charge in [-0.25, -0.2) is 4.98 Å². The Labute approximate surface area is 208 Å². The molecule has 0 unspecified atom stereocenters. The van der Waals surface area contributed by atoms with Crippen LogP contribution in [0.4, 0.5) is 5.69 Å². The van der Waals surface area contributed by atoms with Crippen LogP contribution in [0, 0.1) is 6.92 Å². The second-order valence-electron chi connectivity index (χ2n) is 9.92. The molecule has 1 saturated heterocycles. The number of rotatable bonds is 4. The van der Waals surface area contributed by atoms with E-state index in [4.69, 9.17) is 4.98 Å². The Balaban J connectivity index is 1.31. The first-order valence-corrected chi connectivity index (χ1v) is 12.4. The highest BCUT2D eigenvalue weighted by Crippen LogP contribution is 2.27. The molecule has 0 radical (unpaired) electrons. The maximum absolute atomic E-state index is 13.2. The summed E-state index contributed by atoms with van der Waals surface area (Å²) in [7, 11) is 1.77.